The molecule has 0 bridgehead atoms. The van der Waals surface area contributed by atoms with Gasteiger partial charge in [-0.05, 0) is 19.8 Å². The lowest BCUT2D eigenvalue weighted by molar-refractivity contribution is -0.141. The van der Waals surface area contributed by atoms with Gasteiger partial charge in [0.05, 0.1) is 12.0 Å². The van der Waals surface area contributed by atoms with Gasteiger partial charge in [-0.2, -0.15) is 13.2 Å². The highest BCUT2D eigenvalue weighted by Crippen LogP contribution is 2.33. The van der Waals surface area contributed by atoms with E-state index in [2.05, 4.69) is 5.32 Å². The minimum Gasteiger partial charge on any atom is -0.481 e. The summed E-state index contributed by atoms with van der Waals surface area (Å²) in [5.74, 6) is -1.06. The highest BCUT2D eigenvalue weighted by molar-refractivity contribution is 5.77. The molecule has 0 aliphatic heterocycles. The first-order valence-corrected chi connectivity index (χ1v) is 6.53. The fourth-order valence-electron chi connectivity index (χ4n) is 2.54. The summed E-state index contributed by atoms with van der Waals surface area (Å²) in [6, 6.07) is -0.854. The molecule has 0 saturated heterocycles. The Hall–Kier alpha value is -1.47. The van der Waals surface area contributed by atoms with Crippen LogP contribution in [0.25, 0.3) is 0 Å². The molecule has 0 atom stereocenters. The van der Waals surface area contributed by atoms with E-state index < -0.39 is 30.3 Å². The van der Waals surface area contributed by atoms with Crippen LogP contribution in [0.5, 0.6) is 0 Å². The second-order valence-electron chi connectivity index (χ2n) is 5.12. The Morgan fingerprint density at radius 3 is 2.25 bits per heavy atom. The number of carbonyl (C=O) groups is 2. The van der Waals surface area contributed by atoms with Gasteiger partial charge in [-0.1, -0.05) is 12.8 Å². The van der Waals surface area contributed by atoms with Gasteiger partial charge in [0.1, 0.15) is 6.54 Å². The van der Waals surface area contributed by atoms with Crippen LogP contribution in [0.2, 0.25) is 0 Å². The van der Waals surface area contributed by atoms with E-state index in [-0.39, 0.29) is 13.0 Å². The Kier molecular flexibility index (Phi) is 5.24. The van der Waals surface area contributed by atoms with Gasteiger partial charge in [-0.3, -0.25) is 4.79 Å². The smallest absolute Gasteiger partial charge is 0.406 e. The molecule has 2 N–H and O–H groups in total. The fourth-order valence-corrected chi connectivity index (χ4v) is 2.54. The minimum atomic E-state index is -4.47. The van der Waals surface area contributed by atoms with E-state index in [1.54, 1.807) is 0 Å². The van der Waals surface area contributed by atoms with E-state index in [1.165, 1.54) is 6.92 Å². The molecule has 0 aromatic rings. The van der Waals surface area contributed by atoms with E-state index in [1.807, 2.05) is 0 Å². The summed E-state index contributed by atoms with van der Waals surface area (Å²) in [6.07, 6.45) is -2.24. The van der Waals surface area contributed by atoms with E-state index in [0.29, 0.717) is 17.7 Å². The molecule has 1 saturated carbocycles. The molecular weight excluding hydrogens is 277 g/mol. The average molecular weight is 296 g/mol. The highest BCUT2D eigenvalue weighted by Gasteiger charge is 2.40. The molecule has 0 spiro atoms. The summed E-state index contributed by atoms with van der Waals surface area (Å²) in [4.78, 5) is 23.4. The van der Waals surface area contributed by atoms with Crippen LogP contribution in [-0.4, -0.2) is 46.8 Å². The maximum absolute atomic E-state index is 12.4. The number of amides is 2. The molecule has 0 unspecified atom stereocenters. The van der Waals surface area contributed by atoms with Gasteiger partial charge in [0, 0.05) is 6.54 Å². The molecule has 0 aromatic heterocycles. The molecule has 8 heteroatoms. The third kappa shape index (κ3) is 4.90. The quantitative estimate of drug-likeness (QED) is 0.818. The van der Waals surface area contributed by atoms with Gasteiger partial charge < -0.3 is 15.3 Å². The summed E-state index contributed by atoms with van der Waals surface area (Å²) in [7, 11) is 0. The number of nitrogens with one attached hydrogen (secondary N) is 1. The van der Waals surface area contributed by atoms with Gasteiger partial charge >= 0.3 is 18.2 Å². The summed E-state index contributed by atoms with van der Waals surface area (Å²) < 4.78 is 37.1. The molecular formula is C12H19F3N2O3. The topological polar surface area (TPSA) is 69.6 Å². The maximum atomic E-state index is 12.4. The van der Waals surface area contributed by atoms with Crippen molar-refractivity contribution in [2.75, 3.05) is 13.1 Å². The number of carboxylic acids is 1. The number of hydrogen-bond donors (Lipinski definition) is 2. The summed E-state index contributed by atoms with van der Waals surface area (Å²) in [5, 5.41) is 11.4. The van der Waals surface area contributed by atoms with Crippen molar-refractivity contribution < 1.29 is 27.9 Å². The lowest BCUT2D eigenvalue weighted by Crippen LogP contribution is -2.54. The Balaban J connectivity index is 2.72. The standard InChI is InChI=1S/C12H19F3N2O3/c1-2-17(8-12(13,14)15)10(20)16-11(7-9(18)19)5-3-4-6-11/h2-8H2,1H3,(H,16,20)(H,18,19). The normalized spacial score (nSPS) is 17.8. The fraction of sp³-hybridized carbons (Fsp3) is 0.833. The third-order valence-electron chi connectivity index (χ3n) is 3.46. The van der Waals surface area contributed by atoms with Crippen molar-refractivity contribution in [1.82, 2.24) is 10.2 Å². The van der Waals surface area contributed by atoms with Gasteiger partial charge in [0.2, 0.25) is 0 Å². The first kappa shape index (κ1) is 16.6. The first-order chi connectivity index (χ1) is 9.17. The van der Waals surface area contributed by atoms with E-state index in [4.69, 9.17) is 5.11 Å². The molecule has 5 nitrogen and oxygen atoms in total. The number of hydrogen-bond acceptors (Lipinski definition) is 2. The average Bonchev–Trinajstić information content (AvgIpc) is 2.71. The van der Waals surface area contributed by atoms with Crippen LogP contribution >= 0.6 is 0 Å². The van der Waals surface area contributed by atoms with E-state index >= 15 is 0 Å². The number of urea groups is 1. The largest absolute Gasteiger partial charge is 0.481 e. The van der Waals surface area contributed by atoms with Gasteiger partial charge in [-0.25, -0.2) is 4.79 Å². The van der Waals surface area contributed by atoms with E-state index in [9.17, 15) is 22.8 Å². The molecule has 0 aromatic carbocycles. The van der Waals surface area contributed by atoms with Crippen LogP contribution in [0, 0.1) is 0 Å². The van der Waals surface area contributed by atoms with Crippen molar-refractivity contribution in [2.24, 2.45) is 0 Å². The molecule has 0 radical (unpaired) electrons. The number of carboxylic acid groups (broad SMARTS) is 1. The zero-order valence-electron chi connectivity index (χ0n) is 11.3. The Bertz CT molecular complexity index is 365. The zero-order valence-corrected chi connectivity index (χ0v) is 11.3. The summed E-state index contributed by atoms with van der Waals surface area (Å²) >= 11 is 0. The molecule has 1 rings (SSSR count). The molecule has 1 fully saturated rings. The first-order valence-electron chi connectivity index (χ1n) is 6.53. The molecule has 0 heterocycles. The summed E-state index contributed by atoms with van der Waals surface area (Å²) in [6.45, 7) is 0.0246. The monoisotopic (exact) mass is 296 g/mol. The van der Waals surface area contributed by atoms with Crippen LogP contribution in [0.3, 0.4) is 0 Å². The molecule has 116 valence electrons. The van der Waals surface area contributed by atoms with Crippen LogP contribution in [-0.2, 0) is 4.79 Å². The van der Waals surface area contributed by atoms with Crippen molar-refractivity contribution >= 4 is 12.0 Å². The van der Waals surface area contributed by atoms with Crippen molar-refractivity contribution in [3.8, 4) is 0 Å². The number of aliphatic carboxylic acids is 1. The van der Waals surface area contributed by atoms with Gasteiger partial charge in [0.25, 0.3) is 0 Å². The Morgan fingerprint density at radius 1 is 1.30 bits per heavy atom. The number of alkyl halides is 3. The number of rotatable bonds is 5. The number of carbonyl (C=O) groups excluding carboxylic acids is 1. The lowest BCUT2D eigenvalue weighted by atomic mass is 9.93. The van der Waals surface area contributed by atoms with Crippen molar-refractivity contribution in [1.29, 1.82) is 0 Å². The second kappa shape index (κ2) is 6.32. The van der Waals surface area contributed by atoms with Crippen LogP contribution in [0.1, 0.15) is 39.0 Å². The van der Waals surface area contributed by atoms with Gasteiger partial charge in [0.15, 0.2) is 0 Å². The zero-order chi connectivity index (χ0) is 15.4. The SMILES string of the molecule is CCN(CC(F)(F)F)C(=O)NC1(CC(=O)O)CCCC1. The Morgan fingerprint density at radius 2 is 1.85 bits per heavy atom. The van der Waals surface area contributed by atoms with Crippen LogP contribution in [0.4, 0.5) is 18.0 Å². The number of nitrogens with zero attached hydrogens (tertiary/aromatic N) is 1. The van der Waals surface area contributed by atoms with Crippen molar-refractivity contribution in [3.05, 3.63) is 0 Å². The van der Waals surface area contributed by atoms with E-state index in [0.717, 1.165) is 12.8 Å². The maximum Gasteiger partial charge on any atom is 0.406 e. The molecule has 1 aliphatic carbocycles. The van der Waals surface area contributed by atoms with Crippen LogP contribution in [0.15, 0.2) is 0 Å². The Labute approximate surface area is 115 Å². The third-order valence-corrected chi connectivity index (χ3v) is 3.46. The molecule has 2 amide bonds. The minimum absolute atomic E-state index is 0.0888. The lowest BCUT2D eigenvalue weighted by Gasteiger charge is -2.32. The van der Waals surface area contributed by atoms with Crippen molar-refractivity contribution in [3.63, 3.8) is 0 Å². The van der Waals surface area contributed by atoms with Crippen molar-refractivity contribution in [2.45, 2.75) is 50.7 Å². The summed E-state index contributed by atoms with van der Waals surface area (Å²) in [5.41, 5.74) is -0.915. The second-order valence-corrected chi connectivity index (χ2v) is 5.12. The van der Waals surface area contributed by atoms with Gasteiger partial charge in [-0.15, -0.1) is 0 Å². The predicted octanol–water partition coefficient (Wildman–Crippen LogP) is 2.37. The highest BCUT2D eigenvalue weighted by atomic mass is 19.4. The molecule has 20 heavy (non-hydrogen) atoms. The predicted molar refractivity (Wildman–Crippen MR) is 65.3 cm³/mol. The number of halogens is 3. The van der Waals surface area contributed by atoms with Crippen LogP contribution < -0.4 is 5.32 Å². The molecule has 1 aliphatic rings.